The van der Waals surface area contributed by atoms with Gasteiger partial charge in [-0.1, -0.05) is 0 Å². The van der Waals surface area contributed by atoms with Gasteiger partial charge in [0.15, 0.2) is 0 Å². The van der Waals surface area contributed by atoms with E-state index >= 15 is 0 Å². The van der Waals surface area contributed by atoms with Crippen molar-refractivity contribution in [2.75, 3.05) is 19.7 Å². The van der Waals surface area contributed by atoms with Gasteiger partial charge in [-0.2, -0.15) is 0 Å². The third kappa shape index (κ3) is 5.52. The van der Waals surface area contributed by atoms with Crippen molar-refractivity contribution in [3.8, 4) is 0 Å². The van der Waals surface area contributed by atoms with Crippen LogP contribution in [0.25, 0.3) is 0 Å². The van der Waals surface area contributed by atoms with Crippen molar-refractivity contribution in [2.45, 2.75) is 39.2 Å². The average Bonchev–Trinajstić information content (AvgIpc) is 2.72. The molecule has 1 unspecified atom stereocenters. The molecule has 0 aliphatic carbocycles. The molecule has 1 rings (SSSR count). The third-order valence-electron chi connectivity index (χ3n) is 3.02. The molecule has 0 bridgehead atoms. The molecule has 3 amide bonds. The van der Waals surface area contributed by atoms with Crippen molar-refractivity contribution in [1.29, 1.82) is 0 Å². The second-order valence-corrected chi connectivity index (χ2v) is 4.67. The number of carbonyl (C=O) groups excluding carboxylic acids is 3. The number of rotatable bonds is 9. The lowest BCUT2D eigenvalue weighted by atomic mass is 10.2. The van der Waals surface area contributed by atoms with Crippen LogP contribution in [0.2, 0.25) is 0 Å². The smallest absolute Gasteiger partial charge is 0.253 e. The third-order valence-corrected chi connectivity index (χ3v) is 3.02. The fourth-order valence-electron chi connectivity index (χ4n) is 1.94. The molecule has 20 heavy (non-hydrogen) atoms. The van der Waals surface area contributed by atoms with Gasteiger partial charge in [-0.05, 0) is 26.7 Å². The molecular formula is C14H22N2O4. The highest BCUT2D eigenvalue weighted by atomic mass is 16.5. The van der Waals surface area contributed by atoms with Crippen LogP contribution in [-0.2, 0) is 19.1 Å². The van der Waals surface area contributed by atoms with Crippen molar-refractivity contribution in [1.82, 2.24) is 10.2 Å². The average molecular weight is 282 g/mol. The zero-order valence-electron chi connectivity index (χ0n) is 12.1. The lowest BCUT2D eigenvalue weighted by Gasteiger charge is -2.14. The molecule has 0 fully saturated rings. The Labute approximate surface area is 119 Å². The second-order valence-electron chi connectivity index (χ2n) is 4.67. The number of carbonyl (C=O) groups is 3. The molecule has 1 aliphatic rings. The maximum Gasteiger partial charge on any atom is 0.253 e. The first-order chi connectivity index (χ1) is 9.54. The van der Waals surface area contributed by atoms with Gasteiger partial charge in [0, 0.05) is 38.3 Å². The van der Waals surface area contributed by atoms with Crippen LogP contribution in [0.5, 0.6) is 0 Å². The normalized spacial score (nSPS) is 15.8. The van der Waals surface area contributed by atoms with Crippen LogP contribution in [0.3, 0.4) is 0 Å². The van der Waals surface area contributed by atoms with E-state index in [1.54, 1.807) is 0 Å². The summed E-state index contributed by atoms with van der Waals surface area (Å²) in [4.78, 5) is 35.2. The van der Waals surface area contributed by atoms with E-state index in [0.717, 1.165) is 17.7 Å². The van der Waals surface area contributed by atoms with Crippen LogP contribution < -0.4 is 5.32 Å². The lowest BCUT2D eigenvalue weighted by molar-refractivity contribution is -0.137. The molecular weight excluding hydrogens is 260 g/mol. The fraction of sp³-hybridized carbons (Fsp3) is 0.643. The van der Waals surface area contributed by atoms with Crippen molar-refractivity contribution in [3.63, 3.8) is 0 Å². The van der Waals surface area contributed by atoms with Crippen molar-refractivity contribution in [2.24, 2.45) is 0 Å². The summed E-state index contributed by atoms with van der Waals surface area (Å²) in [6.07, 6.45) is 4.50. The van der Waals surface area contributed by atoms with Crippen LogP contribution in [0, 0.1) is 0 Å². The summed E-state index contributed by atoms with van der Waals surface area (Å²) in [6, 6.07) is 0. The van der Waals surface area contributed by atoms with Gasteiger partial charge >= 0.3 is 0 Å². The minimum absolute atomic E-state index is 0.131. The van der Waals surface area contributed by atoms with Gasteiger partial charge in [0.2, 0.25) is 5.91 Å². The molecule has 6 nitrogen and oxygen atoms in total. The Hall–Kier alpha value is -1.69. The SMILES string of the molecule is CCOC(C)CCCNC(=O)CCN1C(=O)C=CC1=O. The maximum absolute atomic E-state index is 11.6. The topological polar surface area (TPSA) is 75.7 Å². The Bertz CT molecular complexity index is 375. The minimum Gasteiger partial charge on any atom is -0.379 e. The molecule has 1 N–H and O–H groups in total. The summed E-state index contributed by atoms with van der Waals surface area (Å²) in [5.74, 6) is -0.858. The molecule has 1 aliphatic heterocycles. The molecule has 0 saturated carbocycles. The van der Waals surface area contributed by atoms with Gasteiger partial charge in [-0.3, -0.25) is 19.3 Å². The van der Waals surface area contributed by atoms with E-state index in [1.165, 1.54) is 12.2 Å². The zero-order valence-corrected chi connectivity index (χ0v) is 12.1. The number of ether oxygens (including phenoxy) is 1. The molecule has 0 spiro atoms. The first kappa shape index (κ1) is 16.4. The molecule has 1 heterocycles. The Kier molecular flexibility index (Phi) is 6.93. The first-order valence-corrected chi connectivity index (χ1v) is 6.96. The Morgan fingerprint density at radius 2 is 2.00 bits per heavy atom. The highest BCUT2D eigenvalue weighted by molar-refractivity contribution is 6.13. The largest absolute Gasteiger partial charge is 0.379 e. The van der Waals surface area contributed by atoms with E-state index in [-0.39, 0.29) is 36.8 Å². The summed E-state index contributed by atoms with van der Waals surface area (Å²) >= 11 is 0. The number of amides is 3. The van der Waals surface area contributed by atoms with Crippen LogP contribution in [0.1, 0.15) is 33.1 Å². The zero-order chi connectivity index (χ0) is 15.0. The number of nitrogens with zero attached hydrogens (tertiary/aromatic N) is 1. The summed E-state index contributed by atoms with van der Waals surface area (Å²) in [6.45, 7) is 5.36. The molecule has 1 atom stereocenters. The summed E-state index contributed by atoms with van der Waals surface area (Å²) < 4.78 is 5.39. The quantitative estimate of drug-likeness (QED) is 0.497. The summed E-state index contributed by atoms with van der Waals surface area (Å²) in [5.41, 5.74) is 0. The van der Waals surface area contributed by atoms with Crippen molar-refractivity contribution < 1.29 is 19.1 Å². The van der Waals surface area contributed by atoms with Gasteiger partial charge in [0.05, 0.1) is 6.10 Å². The summed E-state index contributed by atoms with van der Waals surface area (Å²) in [5, 5.41) is 2.77. The molecule has 0 saturated heterocycles. The second kappa shape index (κ2) is 8.47. The van der Waals surface area contributed by atoms with Gasteiger partial charge in [-0.15, -0.1) is 0 Å². The number of hydrogen-bond donors (Lipinski definition) is 1. The van der Waals surface area contributed by atoms with Crippen LogP contribution >= 0.6 is 0 Å². The first-order valence-electron chi connectivity index (χ1n) is 6.96. The molecule has 0 aromatic carbocycles. The Morgan fingerprint density at radius 3 is 2.60 bits per heavy atom. The Morgan fingerprint density at radius 1 is 1.35 bits per heavy atom. The highest BCUT2D eigenvalue weighted by Gasteiger charge is 2.23. The molecule has 0 aromatic rings. The minimum atomic E-state index is -0.353. The van der Waals surface area contributed by atoms with Gasteiger partial charge in [0.25, 0.3) is 11.8 Å². The molecule has 112 valence electrons. The van der Waals surface area contributed by atoms with E-state index in [4.69, 9.17) is 4.74 Å². The van der Waals surface area contributed by atoms with Crippen molar-refractivity contribution in [3.05, 3.63) is 12.2 Å². The predicted octanol–water partition coefficient (Wildman–Crippen LogP) is 0.623. The standard InChI is InChI=1S/C14H22N2O4/c1-3-20-11(2)5-4-9-15-12(17)8-10-16-13(18)6-7-14(16)19/h6-7,11H,3-5,8-10H2,1-2H3,(H,15,17). The van der Waals surface area contributed by atoms with Crippen molar-refractivity contribution >= 4 is 17.7 Å². The van der Waals surface area contributed by atoms with Crippen LogP contribution in [0.15, 0.2) is 12.2 Å². The maximum atomic E-state index is 11.6. The number of imide groups is 1. The van der Waals surface area contributed by atoms with Gasteiger partial charge in [0.1, 0.15) is 0 Å². The predicted molar refractivity (Wildman–Crippen MR) is 73.8 cm³/mol. The van der Waals surface area contributed by atoms with Crippen LogP contribution in [-0.4, -0.2) is 48.4 Å². The monoisotopic (exact) mass is 282 g/mol. The Balaban J connectivity index is 2.09. The van der Waals surface area contributed by atoms with E-state index in [1.807, 2.05) is 13.8 Å². The molecule has 6 heteroatoms. The molecule has 0 radical (unpaired) electrons. The number of hydrogen-bond acceptors (Lipinski definition) is 4. The highest BCUT2D eigenvalue weighted by Crippen LogP contribution is 2.04. The van der Waals surface area contributed by atoms with Crippen LogP contribution in [0.4, 0.5) is 0 Å². The lowest BCUT2D eigenvalue weighted by Crippen LogP contribution is -2.35. The van der Waals surface area contributed by atoms with E-state index in [2.05, 4.69) is 5.32 Å². The van der Waals surface area contributed by atoms with E-state index < -0.39 is 0 Å². The van der Waals surface area contributed by atoms with E-state index in [9.17, 15) is 14.4 Å². The van der Waals surface area contributed by atoms with Gasteiger partial charge in [-0.25, -0.2) is 0 Å². The fourth-order valence-corrected chi connectivity index (χ4v) is 1.94. The number of nitrogens with one attached hydrogen (secondary N) is 1. The molecule has 0 aromatic heterocycles. The summed E-state index contributed by atoms with van der Waals surface area (Å²) in [7, 11) is 0. The van der Waals surface area contributed by atoms with Gasteiger partial charge < -0.3 is 10.1 Å². The van der Waals surface area contributed by atoms with E-state index in [0.29, 0.717) is 13.2 Å².